The van der Waals surface area contributed by atoms with Crippen LogP contribution >= 0.6 is 7.82 Å². The number of aliphatic hydroxyl groups is 2. The van der Waals surface area contributed by atoms with Crippen molar-refractivity contribution in [3.8, 4) is 0 Å². The summed E-state index contributed by atoms with van der Waals surface area (Å²) in [6, 6.07) is -5.67. The van der Waals surface area contributed by atoms with Gasteiger partial charge in [0.15, 0.2) is 6.10 Å². The molecule has 0 bridgehead atoms. The van der Waals surface area contributed by atoms with Gasteiger partial charge in [-0.15, -0.1) is 0 Å². The van der Waals surface area contributed by atoms with E-state index in [1.807, 2.05) is 0 Å². The number of esters is 2. The molecule has 0 aliphatic carbocycles. The standard InChI is InChI=1S/C40H77O10P/c1-3-5-7-9-11-13-15-17-18-20-22-24-26-28-30-32-40(44)50-38(36-49-51(45,46)48-34-37(42)33-41)35-47-39(43)31-29-27-25-23-21-19-16-14-12-10-8-6-4-2/h17-18,37-38,41-42H,3-16,19-36H2,1-2H3,(H,45,46)/b18-17-/t37?,38-/m1/s1/i1D3,2D3,3D2,4D2,5D2,6D2,7D2,8D2,9D2,10D2,11D2,12D2,13D2,14D2,15D2,16D2,17D,18D,19D2,20D2,21D2,22D2,23D2,24D2,25D2,26D2,27D2,28D2,29D2,30D2,31D2,32D2. The van der Waals surface area contributed by atoms with Gasteiger partial charge >= 0.3 is 19.8 Å². The Bertz CT molecular complexity index is 3560. The number of carbonyl (C=O) groups excluding carboxylic acids is 2. The predicted octanol–water partition coefficient (Wildman–Crippen LogP) is 10.4. The normalized spacial score (nSPS) is 41.4. The molecule has 0 rings (SSSR count). The lowest BCUT2D eigenvalue weighted by Gasteiger charge is -2.20. The highest BCUT2D eigenvalue weighted by atomic mass is 31.2. The molecule has 3 atom stereocenters. The first kappa shape index (κ1) is 9.28. The van der Waals surface area contributed by atoms with Crippen LogP contribution in [0.3, 0.4) is 0 Å². The molecular formula is C40H77O10P. The Morgan fingerprint density at radius 3 is 1.53 bits per heavy atom. The van der Waals surface area contributed by atoms with E-state index in [2.05, 4.69) is 18.5 Å². The SMILES string of the molecule is [2H]/C(=C(\[2H])C([2H])([2H])C([2H])([2H])C([2H])([2H])C([2H])([2H])C([2H])([2H])C([2H])([2H])C([2H])([2H])C([2H])([2H])[2H])C([2H])([2H])C([2H])([2H])C([2H])([2H])C([2H])([2H])C([2H])([2H])C([2H])([2H])C([2H])([2H])C(=O)O[C@H](COC(=O)C([2H])([2H])C([2H])([2H])C([2H])([2H])C([2H])([2H])C([2H])([2H])C([2H])([2H])C([2H])([2H])C([2H])([2H])C([2H])([2H])C([2H])([2H])C([2H])([2H])C([2H])([2H])C([2H])([2H])C([2H])([2H])C([2H])([2H])[2H])COP(=O)(O)OCC(O)CO. The van der Waals surface area contributed by atoms with Gasteiger partial charge in [-0.3, -0.25) is 18.6 Å². The zero-order valence-corrected chi connectivity index (χ0v) is 26.5. The van der Waals surface area contributed by atoms with Crippen molar-refractivity contribution in [2.24, 2.45) is 0 Å². The molecule has 0 aromatic rings. The van der Waals surface area contributed by atoms with Crippen LogP contribution < -0.4 is 0 Å². The lowest BCUT2D eigenvalue weighted by Crippen LogP contribution is -2.29. The molecule has 0 fully saturated rings. The van der Waals surface area contributed by atoms with Crippen LogP contribution in [0.4, 0.5) is 0 Å². The van der Waals surface area contributed by atoms with Gasteiger partial charge in [-0.2, -0.15) is 0 Å². The van der Waals surface area contributed by atoms with Gasteiger partial charge in [0, 0.05) is 97.7 Å². The summed E-state index contributed by atoms with van der Waals surface area (Å²) in [5.74, 6) is -6.26. The van der Waals surface area contributed by atoms with Crippen molar-refractivity contribution in [2.45, 2.75) is 204 Å². The summed E-state index contributed by atoms with van der Waals surface area (Å²) >= 11 is 0. The molecule has 2 unspecified atom stereocenters. The average molecular weight is 813 g/mol. The molecule has 10 nitrogen and oxygen atoms in total. The molecule has 0 aliphatic rings. The Labute approximate surface area is 401 Å². The van der Waals surface area contributed by atoms with E-state index in [1.165, 1.54) is 0 Å². The summed E-state index contributed by atoms with van der Waals surface area (Å²) in [5, 5.41) is 18.7. The van der Waals surface area contributed by atoms with Crippen LogP contribution in [0.5, 0.6) is 0 Å². The Morgan fingerprint density at radius 2 is 1.06 bits per heavy atom. The van der Waals surface area contributed by atoms with Crippen molar-refractivity contribution in [1.29, 1.82) is 0 Å². The maximum Gasteiger partial charge on any atom is 0.472 e. The molecule has 302 valence electrons. The fourth-order valence-electron chi connectivity index (χ4n) is 1.86. The predicted molar refractivity (Wildman–Crippen MR) is 205 cm³/mol. The monoisotopic (exact) mass is 813 g/mol. The van der Waals surface area contributed by atoms with Crippen molar-refractivity contribution < 1.29 is 136 Å². The molecule has 51 heavy (non-hydrogen) atoms. The number of carbonyl (C=O) groups is 2. The van der Waals surface area contributed by atoms with E-state index in [0.29, 0.717) is 0 Å². The van der Waals surface area contributed by atoms with Crippen LogP contribution in [0.15, 0.2) is 12.1 Å². The Balaban J connectivity index is 8.25. The highest BCUT2D eigenvalue weighted by Gasteiger charge is 2.27. The van der Waals surface area contributed by atoms with Crippen molar-refractivity contribution in [3.05, 3.63) is 12.1 Å². The molecule has 0 saturated carbocycles. The van der Waals surface area contributed by atoms with Crippen LogP contribution in [-0.4, -0.2) is 65.7 Å². The van der Waals surface area contributed by atoms with Gasteiger partial charge < -0.3 is 24.6 Å². The number of hydrogen-bond donors (Lipinski definition) is 3. The van der Waals surface area contributed by atoms with E-state index < -0.39 is 263 Å². The zero-order valence-electron chi connectivity index (χ0n) is 89.6. The molecule has 0 saturated heterocycles. The summed E-state index contributed by atoms with van der Waals surface area (Å²) < 4.78 is 555. The number of phosphoric ester groups is 1. The largest absolute Gasteiger partial charge is 0.472 e. The fraction of sp³-hybridized carbons (Fsp3) is 0.900. The average Bonchev–Trinajstić information content (AvgIpc) is 0.683. The summed E-state index contributed by atoms with van der Waals surface area (Å²) in [6.45, 7) is -15.7. The molecule has 0 aliphatic heterocycles. The van der Waals surface area contributed by atoms with Crippen LogP contribution in [-0.2, 0) is 32.7 Å². The smallest absolute Gasteiger partial charge is 0.462 e. The molecule has 11 heteroatoms. The van der Waals surface area contributed by atoms with Crippen LogP contribution in [0.25, 0.3) is 0 Å². The summed E-state index contributed by atoms with van der Waals surface area (Å²) in [4.78, 5) is 37.9. The van der Waals surface area contributed by atoms with Gasteiger partial charge in [0.2, 0.25) is 0 Å². The third kappa shape index (κ3) is 36.8. The zero-order chi connectivity index (χ0) is 94.6. The van der Waals surface area contributed by atoms with Crippen LogP contribution in [0.1, 0.15) is 280 Å². The minimum absolute atomic E-state index is 1.28. The molecule has 0 amide bonds. The van der Waals surface area contributed by atoms with Crippen LogP contribution in [0, 0.1) is 0 Å². The maximum absolute atomic E-state index is 13.9. The second kappa shape index (κ2) is 37.0. The third-order valence-electron chi connectivity index (χ3n) is 3.69. The first-order valence-corrected chi connectivity index (χ1v) is 14.4. The van der Waals surface area contributed by atoms with Crippen molar-refractivity contribution in [2.75, 3.05) is 26.4 Å². The van der Waals surface area contributed by atoms with Gasteiger partial charge in [0.05, 0.1) is 22.6 Å². The summed E-state index contributed by atoms with van der Waals surface area (Å²) in [6.07, 6.45) is -152. The first-order valence-electron chi connectivity index (χ1n) is 44.9. The number of hydrogen-bond acceptors (Lipinski definition) is 9. The molecular weight excluding hydrogens is 671 g/mol. The summed E-state index contributed by atoms with van der Waals surface area (Å²) in [7, 11) is -5.94. The fourth-order valence-corrected chi connectivity index (χ4v) is 2.65. The Kier molecular flexibility index (Phi) is 6.74. The molecule has 0 spiro atoms. The molecule has 0 aromatic heterocycles. The van der Waals surface area contributed by atoms with Crippen molar-refractivity contribution >= 4 is 19.8 Å². The second-order valence-electron chi connectivity index (χ2n) is 7.27. The minimum Gasteiger partial charge on any atom is -0.462 e. The highest BCUT2D eigenvalue weighted by molar-refractivity contribution is 7.47. The second-order valence-corrected chi connectivity index (χ2v) is 8.73. The quantitative estimate of drug-likeness (QED) is 0.0311. The molecule has 0 heterocycles. The summed E-state index contributed by atoms with van der Waals surface area (Å²) in [5.41, 5.74) is 0. The van der Waals surface area contributed by atoms with Crippen molar-refractivity contribution in [3.63, 3.8) is 0 Å². The van der Waals surface area contributed by atoms with Gasteiger partial charge in [-0.25, -0.2) is 4.57 Å². The first-order chi connectivity index (χ1) is 48.9. The van der Waals surface area contributed by atoms with E-state index in [9.17, 15) is 24.2 Å². The lowest BCUT2D eigenvalue weighted by atomic mass is 10.0. The minimum atomic E-state index is -5.94. The number of allylic oxidation sites excluding steroid dienone is 2. The van der Waals surface area contributed by atoms with Crippen LogP contribution in [0.2, 0.25) is 0 Å². The highest BCUT2D eigenvalue weighted by Crippen LogP contribution is 2.43. The number of ether oxygens (including phenoxy) is 2. The number of aliphatic hydroxyl groups excluding tert-OH is 2. The van der Waals surface area contributed by atoms with E-state index in [4.69, 9.17) is 92.8 Å². The van der Waals surface area contributed by atoms with Gasteiger partial charge in [-0.1, -0.05) is 153 Å². The molecule has 3 N–H and O–H groups in total. The van der Waals surface area contributed by atoms with Gasteiger partial charge in [0.1, 0.15) is 12.7 Å². The Hall–Kier alpha value is -1.29. The topological polar surface area (TPSA) is 149 Å². The molecule has 0 radical (unpaired) electrons. The maximum atomic E-state index is 13.9. The lowest BCUT2D eigenvalue weighted by molar-refractivity contribution is -0.161. The van der Waals surface area contributed by atoms with E-state index in [1.54, 1.807) is 0 Å². The van der Waals surface area contributed by atoms with Gasteiger partial charge in [0.25, 0.3) is 0 Å². The van der Waals surface area contributed by atoms with Gasteiger partial charge in [-0.05, 0) is 38.2 Å². The van der Waals surface area contributed by atoms with E-state index in [-0.39, 0.29) is 0 Å². The Morgan fingerprint density at radius 1 is 0.647 bits per heavy atom. The van der Waals surface area contributed by atoms with E-state index >= 15 is 0 Å². The molecule has 0 aromatic carbocycles. The van der Waals surface area contributed by atoms with Crippen molar-refractivity contribution in [1.82, 2.24) is 0 Å². The third-order valence-corrected chi connectivity index (χ3v) is 4.64. The van der Waals surface area contributed by atoms with E-state index in [0.717, 1.165) is 0 Å². The number of rotatable bonds is 39. The number of phosphoric acid groups is 1.